The summed E-state index contributed by atoms with van der Waals surface area (Å²) in [7, 11) is 0. The van der Waals surface area contributed by atoms with Crippen LogP contribution < -0.4 is 4.74 Å². The van der Waals surface area contributed by atoms with Gasteiger partial charge in [0.2, 0.25) is 0 Å². The Morgan fingerprint density at radius 3 is 2.65 bits per heavy atom. The quantitative estimate of drug-likeness (QED) is 0.416. The second-order valence-electron chi connectivity index (χ2n) is 10.2. The van der Waals surface area contributed by atoms with Gasteiger partial charge in [-0.2, -0.15) is 0 Å². The molecule has 1 aromatic rings. The van der Waals surface area contributed by atoms with E-state index in [4.69, 9.17) is 4.74 Å². The zero-order valence-electron chi connectivity index (χ0n) is 19.5. The zero-order chi connectivity index (χ0) is 21.8. The third-order valence-electron chi connectivity index (χ3n) is 7.87. The molecule has 0 bridgehead atoms. The topological polar surface area (TPSA) is 46.5 Å². The van der Waals surface area contributed by atoms with Crippen LogP contribution in [0.15, 0.2) is 18.2 Å². The Morgan fingerprint density at radius 2 is 1.81 bits per heavy atom. The molecule has 4 atom stereocenters. The number of allylic oxidation sites excluding steroid dienone is 2. The zero-order valence-corrected chi connectivity index (χ0v) is 19.5. The van der Waals surface area contributed by atoms with Crippen LogP contribution >= 0.6 is 0 Å². The molecule has 1 saturated carbocycles. The number of fused-ring (bicyclic) bond motifs is 6. The minimum atomic E-state index is 0.151. The normalized spacial score (nSPS) is 25.8. The van der Waals surface area contributed by atoms with Crippen molar-refractivity contribution in [2.24, 2.45) is 11.8 Å². The maximum absolute atomic E-state index is 12.2. The Morgan fingerprint density at radius 1 is 1.03 bits per heavy atom. The number of hydrogen-bond acceptors (Lipinski definition) is 3. The molecule has 0 aliphatic heterocycles. The molecule has 1 aromatic carbocycles. The lowest BCUT2D eigenvalue weighted by molar-refractivity contribution is -0.115. The van der Waals surface area contributed by atoms with Crippen molar-refractivity contribution in [3.8, 4) is 11.5 Å². The highest BCUT2D eigenvalue weighted by molar-refractivity contribution is 6.00. The standard InChI is InChI=1S/C28H40O3/c1-3-4-5-6-7-8-11-19(2)31-21-17-26-23-13-10-9-12-22(23)24-15-14-20(29)16-25(24)28(26)27(30)18-21/h16-19,22-24,30H,3-15H2,1-2H3/t19?,22-,23+,24-/m1/s1. The van der Waals surface area contributed by atoms with Gasteiger partial charge >= 0.3 is 0 Å². The lowest BCUT2D eigenvalue weighted by atomic mass is 9.59. The second-order valence-corrected chi connectivity index (χ2v) is 10.2. The average molecular weight is 425 g/mol. The molecular formula is C28H40O3. The minimum Gasteiger partial charge on any atom is -0.507 e. The number of carbonyl (C=O) groups excluding carboxylic acids is 1. The summed E-state index contributed by atoms with van der Waals surface area (Å²) in [6, 6.07) is 3.97. The second kappa shape index (κ2) is 10.2. The number of hydrogen-bond donors (Lipinski definition) is 1. The van der Waals surface area contributed by atoms with Gasteiger partial charge < -0.3 is 9.84 Å². The van der Waals surface area contributed by atoms with Crippen LogP contribution in [0.5, 0.6) is 11.5 Å². The van der Waals surface area contributed by atoms with Crippen molar-refractivity contribution < 1.29 is 14.6 Å². The van der Waals surface area contributed by atoms with Gasteiger partial charge in [-0.15, -0.1) is 0 Å². The van der Waals surface area contributed by atoms with Crippen LogP contribution in [0.1, 0.15) is 114 Å². The van der Waals surface area contributed by atoms with Crippen molar-refractivity contribution in [1.29, 1.82) is 0 Å². The summed E-state index contributed by atoms with van der Waals surface area (Å²) in [6.45, 7) is 4.40. The highest BCUT2D eigenvalue weighted by Crippen LogP contribution is 2.57. The molecule has 0 radical (unpaired) electrons. The van der Waals surface area contributed by atoms with Gasteiger partial charge in [0.1, 0.15) is 11.5 Å². The maximum atomic E-state index is 12.2. The Bertz CT molecular complexity index is 809. The molecule has 3 heteroatoms. The monoisotopic (exact) mass is 424 g/mol. The van der Waals surface area contributed by atoms with Crippen molar-refractivity contribution in [3.63, 3.8) is 0 Å². The molecule has 1 unspecified atom stereocenters. The number of ether oxygens (including phenoxy) is 1. The molecule has 3 aliphatic carbocycles. The molecule has 3 aliphatic rings. The molecule has 3 nitrogen and oxygen atoms in total. The molecule has 0 saturated heterocycles. The molecular weight excluding hydrogens is 384 g/mol. The maximum Gasteiger partial charge on any atom is 0.156 e. The largest absolute Gasteiger partial charge is 0.507 e. The summed E-state index contributed by atoms with van der Waals surface area (Å²) < 4.78 is 6.28. The van der Waals surface area contributed by atoms with Crippen LogP contribution in [0.25, 0.3) is 5.57 Å². The smallest absolute Gasteiger partial charge is 0.156 e. The van der Waals surface area contributed by atoms with Crippen molar-refractivity contribution in [1.82, 2.24) is 0 Å². The van der Waals surface area contributed by atoms with Gasteiger partial charge in [0.15, 0.2) is 5.78 Å². The van der Waals surface area contributed by atoms with Crippen molar-refractivity contribution in [2.45, 2.75) is 109 Å². The van der Waals surface area contributed by atoms with E-state index >= 15 is 0 Å². The Kier molecular flexibility index (Phi) is 7.40. The summed E-state index contributed by atoms with van der Waals surface area (Å²) >= 11 is 0. The van der Waals surface area contributed by atoms with Gasteiger partial charge in [0.25, 0.3) is 0 Å². The molecule has 1 N–H and O–H groups in total. The molecule has 0 spiro atoms. The number of carbonyl (C=O) groups is 1. The molecule has 1 fully saturated rings. The number of phenolic OH excluding ortho intramolecular Hbond substituents is 1. The summed E-state index contributed by atoms with van der Waals surface area (Å²) in [5.74, 6) is 2.83. The molecule has 4 rings (SSSR count). The van der Waals surface area contributed by atoms with Crippen molar-refractivity contribution >= 4 is 11.4 Å². The highest BCUT2D eigenvalue weighted by atomic mass is 16.5. The molecule has 31 heavy (non-hydrogen) atoms. The van der Waals surface area contributed by atoms with E-state index < -0.39 is 0 Å². The predicted octanol–water partition coefficient (Wildman–Crippen LogP) is 7.56. The van der Waals surface area contributed by atoms with E-state index in [0.717, 1.165) is 29.7 Å². The van der Waals surface area contributed by atoms with Gasteiger partial charge in [-0.05, 0) is 80.1 Å². The number of aromatic hydroxyl groups is 1. The summed E-state index contributed by atoms with van der Waals surface area (Å²) in [5, 5.41) is 11.0. The third-order valence-corrected chi connectivity index (χ3v) is 7.87. The van der Waals surface area contributed by atoms with Gasteiger partial charge in [-0.3, -0.25) is 4.79 Å². The van der Waals surface area contributed by atoms with Crippen LogP contribution in [-0.4, -0.2) is 17.0 Å². The number of rotatable bonds is 9. The number of benzene rings is 1. The first kappa shape index (κ1) is 22.4. The van der Waals surface area contributed by atoms with Gasteiger partial charge in [0, 0.05) is 18.1 Å². The summed E-state index contributed by atoms with van der Waals surface area (Å²) in [4.78, 5) is 12.2. The highest BCUT2D eigenvalue weighted by Gasteiger charge is 2.43. The minimum absolute atomic E-state index is 0.151. The van der Waals surface area contributed by atoms with Crippen LogP contribution in [0.3, 0.4) is 0 Å². The van der Waals surface area contributed by atoms with Gasteiger partial charge in [-0.1, -0.05) is 51.9 Å². The van der Waals surface area contributed by atoms with E-state index in [1.807, 2.05) is 6.08 Å². The number of ketones is 1. The van der Waals surface area contributed by atoms with E-state index in [9.17, 15) is 9.90 Å². The molecule has 0 heterocycles. The fourth-order valence-electron chi connectivity index (χ4n) is 6.34. The summed E-state index contributed by atoms with van der Waals surface area (Å²) in [5.41, 5.74) is 3.26. The first-order valence-corrected chi connectivity index (χ1v) is 12.9. The predicted molar refractivity (Wildman–Crippen MR) is 127 cm³/mol. The molecule has 0 aromatic heterocycles. The lowest BCUT2D eigenvalue weighted by Gasteiger charge is -2.45. The van der Waals surface area contributed by atoms with Crippen LogP contribution in [0.4, 0.5) is 0 Å². The van der Waals surface area contributed by atoms with Gasteiger partial charge in [0.05, 0.1) is 6.10 Å². The SMILES string of the molecule is CCCCCCCCC(C)Oc1cc(O)c2c(c1)[C@H]1CCCC[C@H]1[C@H]1CCC(=O)C=C21. The fourth-order valence-corrected chi connectivity index (χ4v) is 6.34. The van der Waals surface area contributed by atoms with Crippen molar-refractivity contribution in [2.75, 3.05) is 0 Å². The van der Waals surface area contributed by atoms with E-state index in [1.54, 1.807) is 6.07 Å². The Balaban J connectivity index is 1.50. The first-order chi connectivity index (χ1) is 15.1. The average Bonchev–Trinajstić information content (AvgIpc) is 2.76. The lowest BCUT2D eigenvalue weighted by Crippen LogP contribution is -2.33. The van der Waals surface area contributed by atoms with E-state index in [1.165, 1.54) is 69.8 Å². The molecule has 0 amide bonds. The fraction of sp³-hybridized carbons (Fsp3) is 0.679. The van der Waals surface area contributed by atoms with Crippen LogP contribution in [0, 0.1) is 11.8 Å². The van der Waals surface area contributed by atoms with Crippen LogP contribution in [-0.2, 0) is 4.79 Å². The van der Waals surface area contributed by atoms with Gasteiger partial charge in [-0.25, -0.2) is 0 Å². The van der Waals surface area contributed by atoms with E-state index in [0.29, 0.717) is 29.9 Å². The Hall–Kier alpha value is -1.77. The Labute approximate surface area is 188 Å². The third kappa shape index (κ3) is 5.02. The van der Waals surface area contributed by atoms with Crippen molar-refractivity contribution in [3.05, 3.63) is 29.3 Å². The van der Waals surface area contributed by atoms with Crippen LogP contribution in [0.2, 0.25) is 0 Å². The first-order valence-electron chi connectivity index (χ1n) is 12.9. The summed E-state index contributed by atoms with van der Waals surface area (Å²) in [6.07, 6.45) is 17.4. The van der Waals surface area contributed by atoms with E-state index in [2.05, 4.69) is 19.9 Å². The molecule has 170 valence electrons. The van der Waals surface area contributed by atoms with E-state index in [-0.39, 0.29) is 11.9 Å². The number of unbranched alkanes of at least 4 members (excludes halogenated alkanes) is 5. The number of phenols is 1.